The number of nitrogens with zero attached hydrogens (tertiary/aromatic N) is 4. The van der Waals surface area contributed by atoms with Crippen molar-refractivity contribution in [2.45, 2.75) is 38.5 Å². The van der Waals surface area contributed by atoms with Crippen LogP contribution in [0.3, 0.4) is 0 Å². The van der Waals surface area contributed by atoms with Gasteiger partial charge in [-0.2, -0.15) is 18.3 Å². The van der Waals surface area contributed by atoms with Gasteiger partial charge in [0.25, 0.3) is 0 Å². The molecule has 1 aliphatic rings. The summed E-state index contributed by atoms with van der Waals surface area (Å²) >= 11 is 0. The fourth-order valence-corrected chi connectivity index (χ4v) is 2.82. The van der Waals surface area contributed by atoms with Crippen molar-refractivity contribution in [3.63, 3.8) is 0 Å². The molecule has 0 unspecified atom stereocenters. The SMILES string of the molecule is Cc1cc(CN2CCC(Nc3cc(C(F)(F)F)ncn3)CC2)n[nH]1. The normalized spacial score (nSPS) is 17.2. The first-order valence-corrected chi connectivity index (χ1v) is 7.79. The minimum atomic E-state index is -4.45. The molecule has 0 spiro atoms. The predicted molar refractivity (Wildman–Crippen MR) is 82.3 cm³/mol. The second kappa shape index (κ2) is 6.76. The smallest absolute Gasteiger partial charge is 0.367 e. The average Bonchev–Trinajstić information content (AvgIpc) is 2.94. The summed E-state index contributed by atoms with van der Waals surface area (Å²) in [6.07, 6.45) is -1.83. The van der Waals surface area contributed by atoms with Crippen LogP contribution < -0.4 is 5.32 Å². The lowest BCUT2D eigenvalue weighted by atomic mass is 10.0. The molecule has 2 aromatic rings. The first-order valence-electron chi connectivity index (χ1n) is 7.79. The van der Waals surface area contributed by atoms with Crippen LogP contribution in [0, 0.1) is 6.92 Å². The summed E-state index contributed by atoms with van der Waals surface area (Å²) in [5.74, 6) is 0.221. The van der Waals surface area contributed by atoms with Gasteiger partial charge in [-0.05, 0) is 25.8 Å². The number of aryl methyl sites for hydroxylation is 1. The van der Waals surface area contributed by atoms with Gasteiger partial charge in [0, 0.05) is 37.4 Å². The van der Waals surface area contributed by atoms with Gasteiger partial charge in [-0.3, -0.25) is 10.00 Å². The number of piperidine rings is 1. The van der Waals surface area contributed by atoms with Crippen LogP contribution >= 0.6 is 0 Å². The number of hydrogen-bond donors (Lipinski definition) is 2. The van der Waals surface area contributed by atoms with Crippen LogP contribution in [0.2, 0.25) is 0 Å². The zero-order valence-electron chi connectivity index (χ0n) is 13.3. The van der Waals surface area contributed by atoms with Gasteiger partial charge in [0.05, 0.1) is 5.69 Å². The first-order chi connectivity index (χ1) is 11.4. The molecule has 130 valence electrons. The fourth-order valence-electron chi connectivity index (χ4n) is 2.82. The molecule has 1 aliphatic heterocycles. The molecule has 0 saturated carbocycles. The Morgan fingerprint density at radius 1 is 1.25 bits per heavy atom. The van der Waals surface area contributed by atoms with Crippen LogP contribution in [-0.4, -0.2) is 44.2 Å². The van der Waals surface area contributed by atoms with E-state index in [9.17, 15) is 13.2 Å². The minimum absolute atomic E-state index is 0.109. The van der Waals surface area contributed by atoms with E-state index < -0.39 is 11.9 Å². The van der Waals surface area contributed by atoms with Crippen molar-refractivity contribution in [2.75, 3.05) is 18.4 Å². The predicted octanol–water partition coefficient (Wildman–Crippen LogP) is 2.60. The molecule has 3 heterocycles. The van der Waals surface area contributed by atoms with Crippen LogP contribution in [0.5, 0.6) is 0 Å². The number of hydrogen-bond acceptors (Lipinski definition) is 5. The Hall–Kier alpha value is -2.16. The first kappa shape index (κ1) is 16.7. The maximum atomic E-state index is 12.7. The van der Waals surface area contributed by atoms with Crippen molar-refractivity contribution in [2.24, 2.45) is 0 Å². The van der Waals surface area contributed by atoms with E-state index in [1.54, 1.807) is 0 Å². The third-order valence-corrected chi connectivity index (χ3v) is 4.04. The van der Waals surface area contributed by atoms with E-state index in [1.807, 2.05) is 13.0 Å². The lowest BCUT2D eigenvalue weighted by molar-refractivity contribution is -0.141. The molecule has 9 heteroatoms. The molecule has 3 rings (SSSR count). The number of nitrogens with one attached hydrogen (secondary N) is 2. The number of likely N-dealkylation sites (tertiary alicyclic amines) is 1. The van der Waals surface area contributed by atoms with E-state index in [1.165, 1.54) is 0 Å². The summed E-state index contributed by atoms with van der Waals surface area (Å²) in [4.78, 5) is 9.44. The Morgan fingerprint density at radius 2 is 2.00 bits per heavy atom. The van der Waals surface area contributed by atoms with Crippen LogP contribution in [0.15, 0.2) is 18.5 Å². The average molecular weight is 340 g/mol. The van der Waals surface area contributed by atoms with Crippen molar-refractivity contribution in [3.05, 3.63) is 35.5 Å². The largest absolute Gasteiger partial charge is 0.433 e. The van der Waals surface area contributed by atoms with E-state index in [0.29, 0.717) is 0 Å². The zero-order chi connectivity index (χ0) is 17.2. The number of aromatic nitrogens is 4. The highest BCUT2D eigenvalue weighted by atomic mass is 19.4. The maximum Gasteiger partial charge on any atom is 0.433 e. The van der Waals surface area contributed by atoms with Crippen molar-refractivity contribution in [3.8, 4) is 0 Å². The maximum absolute atomic E-state index is 12.7. The quantitative estimate of drug-likeness (QED) is 0.895. The molecule has 0 amide bonds. The van der Waals surface area contributed by atoms with Gasteiger partial charge >= 0.3 is 6.18 Å². The molecular weight excluding hydrogens is 321 g/mol. The molecular formula is C15H19F3N6. The number of H-pyrrole nitrogens is 1. The van der Waals surface area contributed by atoms with Crippen molar-refractivity contribution >= 4 is 5.82 Å². The van der Waals surface area contributed by atoms with Gasteiger partial charge in [-0.15, -0.1) is 0 Å². The highest BCUT2D eigenvalue weighted by molar-refractivity contribution is 5.36. The monoisotopic (exact) mass is 340 g/mol. The molecule has 1 fully saturated rings. The molecule has 0 aromatic carbocycles. The van der Waals surface area contributed by atoms with E-state index >= 15 is 0 Å². The summed E-state index contributed by atoms with van der Waals surface area (Å²) in [5, 5.41) is 10.2. The minimum Gasteiger partial charge on any atom is -0.367 e. The van der Waals surface area contributed by atoms with E-state index in [2.05, 4.69) is 30.4 Å². The van der Waals surface area contributed by atoms with Gasteiger partial charge in [0.1, 0.15) is 17.8 Å². The van der Waals surface area contributed by atoms with E-state index in [-0.39, 0.29) is 11.9 Å². The number of anilines is 1. The molecule has 2 N–H and O–H groups in total. The summed E-state index contributed by atoms with van der Waals surface area (Å²) < 4.78 is 38.0. The van der Waals surface area contributed by atoms with Gasteiger partial charge < -0.3 is 5.32 Å². The van der Waals surface area contributed by atoms with Crippen LogP contribution in [0.25, 0.3) is 0 Å². The summed E-state index contributed by atoms with van der Waals surface area (Å²) in [7, 11) is 0. The number of halogens is 3. The summed E-state index contributed by atoms with van der Waals surface area (Å²) in [6.45, 7) is 4.47. The van der Waals surface area contributed by atoms with E-state index in [0.717, 1.165) is 56.3 Å². The molecule has 1 saturated heterocycles. The lowest BCUT2D eigenvalue weighted by Gasteiger charge is -2.32. The Morgan fingerprint density at radius 3 is 2.62 bits per heavy atom. The number of aromatic amines is 1. The molecule has 24 heavy (non-hydrogen) atoms. The number of alkyl halides is 3. The van der Waals surface area contributed by atoms with Crippen LogP contribution in [-0.2, 0) is 12.7 Å². The molecule has 0 aliphatic carbocycles. The van der Waals surface area contributed by atoms with Crippen LogP contribution in [0.1, 0.15) is 29.9 Å². The molecule has 0 atom stereocenters. The van der Waals surface area contributed by atoms with Gasteiger partial charge in [0.2, 0.25) is 0 Å². The Kier molecular flexibility index (Phi) is 4.70. The summed E-state index contributed by atoms with van der Waals surface area (Å²) in [6, 6.07) is 3.08. The topological polar surface area (TPSA) is 69.7 Å². The standard InChI is InChI=1S/C15H19F3N6/c1-10-6-12(23-22-10)8-24-4-2-11(3-5-24)21-14-7-13(15(16,17)18)19-9-20-14/h6-7,9,11H,2-5,8H2,1H3,(H,22,23)(H,19,20,21). The lowest BCUT2D eigenvalue weighted by Crippen LogP contribution is -2.38. The van der Waals surface area contributed by atoms with Gasteiger partial charge in [-0.25, -0.2) is 9.97 Å². The Bertz CT molecular complexity index is 676. The van der Waals surface area contributed by atoms with Crippen molar-refractivity contribution in [1.82, 2.24) is 25.1 Å². The van der Waals surface area contributed by atoms with E-state index in [4.69, 9.17) is 0 Å². The second-order valence-electron chi connectivity index (χ2n) is 6.02. The molecule has 6 nitrogen and oxygen atoms in total. The Balaban J connectivity index is 1.52. The third kappa shape index (κ3) is 4.22. The van der Waals surface area contributed by atoms with Crippen molar-refractivity contribution in [1.29, 1.82) is 0 Å². The number of rotatable bonds is 4. The van der Waals surface area contributed by atoms with Crippen molar-refractivity contribution < 1.29 is 13.2 Å². The summed E-state index contributed by atoms with van der Waals surface area (Å²) in [5.41, 5.74) is 1.11. The molecule has 0 bridgehead atoms. The highest BCUT2D eigenvalue weighted by Crippen LogP contribution is 2.28. The Labute approximate surface area is 137 Å². The molecule has 0 radical (unpaired) electrons. The second-order valence-corrected chi connectivity index (χ2v) is 6.02. The zero-order valence-corrected chi connectivity index (χ0v) is 13.3. The third-order valence-electron chi connectivity index (χ3n) is 4.04. The van der Waals surface area contributed by atoms with Gasteiger partial charge in [-0.1, -0.05) is 0 Å². The van der Waals surface area contributed by atoms with Crippen LogP contribution in [0.4, 0.5) is 19.0 Å². The van der Waals surface area contributed by atoms with Gasteiger partial charge in [0.15, 0.2) is 0 Å². The fraction of sp³-hybridized carbons (Fsp3) is 0.533. The molecule has 2 aromatic heterocycles. The highest BCUT2D eigenvalue weighted by Gasteiger charge is 2.33.